The average Bonchev–Trinajstić information content (AvgIpc) is 3.38. The third kappa shape index (κ3) is 5.33. The highest BCUT2D eigenvalue weighted by Gasteiger charge is 2.25. The molecular formula is C25H25N5O4S. The molecule has 0 unspecified atom stereocenters. The number of para-hydroxylation sites is 1. The number of methoxy groups -OCH3 is 1. The quantitative estimate of drug-likeness (QED) is 0.382. The number of amides is 1. The van der Waals surface area contributed by atoms with Crippen LogP contribution in [0.2, 0.25) is 0 Å². The number of anilines is 2. The number of carbonyl (C=O) groups is 1. The first kappa shape index (κ1) is 24.0. The molecule has 0 radical (unpaired) electrons. The van der Waals surface area contributed by atoms with Gasteiger partial charge in [0.2, 0.25) is 0 Å². The van der Waals surface area contributed by atoms with Crippen LogP contribution in [0.3, 0.4) is 0 Å². The predicted octanol–water partition coefficient (Wildman–Crippen LogP) is 3.80. The highest BCUT2D eigenvalue weighted by molar-refractivity contribution is 7.92. The summed E-state index contributed by atoms with van der Waals surface area (Å²) >= 11 is 0. The molecule has 0 aliphatic rings. The number of ether oxygens (including phenoxy) is 1. The van der Waals surface area contributed by atoms with Crippen LogP contribution in [-0.4, -0.2) is 42.7 Å². The second-order valence-corrected chi connectivity index (χ2v) is 9.47. The van der Waals surface area contributed by atoms with Gasteiger partial charge in [-0.25, -0.2) is 18.1 Å². The normalized spacial score (nSPS) is 11.1. The largest absolute Gasteiger partial charge is 0.495 e. The maximum Gasteiger partial charge on any atom is 0.264 e. The van der Waals surface area contributed by atoms with Crippen LogP contribution >= 0.6 is 0 Å². The summed E-state index contributed by atoms with van der Waals surface area (Å²) in [7, 11) is -2.41. The molecule has 4 aromatic rings. The standard InChI is InChI=1S/C25H25N5O4S/c1-3-30(21-7-5-4-6-8-21)35(32,33)22-13-14-24(34-2)23(15-22)28-25(31)20-11-9-19(10-12-20)16-29-18-26-17-27-29/h4-15,17-18H,3,16H2,1-2H3,(H,28,31). The van der Waals surface area contributed by atoms with Gasteiger partial charge in [0.05, 0.1) is 29.9 Å². The number of sulfonamides is 1. The monoisotopic (exact) mass is 491 g/mol. The lowest BCUT2D eigenvalue weighted by molar-refractivity contribution is 0.102. The Morgan fingerprint density at radius 3 is 2.43 bits per heavy atom. The van der Waals surface area contributed by atoms with Crippen LogP contribution in [0.1, 0.15) is 22.8 Å². The molecule has 1 heterocycles. The second-order valence-electron chi connectivity index (χ2n) is 7.61. The zero-order chi connectivity index (χ0) is 24.8. The Hall–Kier alpha value is -4.18. The van der Waals surface area contributed by atoms with Crippen molar-refractivity contribution in [3.63, 3.8) is 0 Å². The first-order valence-electron chi connectivity index (χ1n) is 10.9. The van der Waals surface area contributed by atoms with Crippen LogP contribution in [0.5, 0.6) is 5.75 Å². The van der Waals surface area contributed by atoms with Gasteiger partial charge >= 0.3 is 0 Å². The number of aromatic nitrogens is 3. The van der Waals surface area contributed by atoms with Crippen molar-refractivity contribution < 1.29 is 17.9 Å². The predicted molar refractivity (Wildman–Crippen MR) is 133 cm³/mol. The van der Waals surface area contributed by atoms with Crippen molar-refractivity contribution in [2.45, 2.75) is 18.4 Å². The molecular weight excluding hydrogens is 466 g/mol. The van der Waals surface area contributed by atoms with Gasteiger partial charge in [-0.15, -0.1) is 0 Å². The number of carbonyl (C=O) groups excluding carboxylic acids is 1. The van der Waals surface area contributed by atoms with Crippen LogP contribution in [-0.2, 0) is 16.6 Å². The van der Waals surface area contributed by atoms with Crippen molar-refractivity contribution in [2.24, 2.45) is 0 Å². The number of hydrogen-bond donors (Lipinski definition) is 1. The summed E-state index contributed by atoms with van der Waals surface area (Å²) in [5, 5.41) is 6.85. The average molecular weight is 492 g/mol. The molecule has 3 aromatic carbocycles. The van der Waals surface area contributed by atoms with Gasteiger partial charge in [-0.3, -0.25) is 9.10 Å². The van der Waals surface area contributed by atoms with Gasteiger partial charge < -0.3 is 10.1 Å². The Morgan fingerprint density at radius 2 is 1.80 bits per heavy atom. The molecule has 180 valence electrons. The number of nitrogens with zero attached hydrogens (tertiary/aromatic N) is 4. The summed E-state index contributed by atoms with van der Waals surface area (Å²) in [6.45, 7) is 2.55. The fourth-order valence-corrected chi connectivity index (χ4v) is 5.12. The van der Waals surface area contributed by atoms with Gasteiger partial charge in [-0.1, -0.05) is 30.3 Å². The Bertz CT molecular complexity index is 1390. The summed E-state index contributed by atoms with van der Waals surface area (Å²) < 4.78 is 35.2. The maximum atomic E-state index is 13.4. The molecule has 35 heavy (non-hydrogen) atoms. The minimum absolute atomic E-state index is 0.0440. The second kappa shape index (κ2) is 10.4. The van der Waals surface area contributed by atoms with Gasteiger partial charge in [0.15, 0.2) is 0 Å². The fourth-order valence-electron chi connectivity index (χ4n) is 3.62. The van der Waals surface area contributed by atoms with E-state index in [1.807, 2.05) is 18.2 Å². The lowest BCUT2D eigenvalue weighted by atomic mass is 10.1. The van der Waals surface area contributed by atoms with Crippen molar-refractivity contribution >= 4 is 27.3 Å². The van der Waals surface area contributed by atoms with Crippen LogP contribution in [0, 0.1) is 0 Å². The molecule has 0 spiro atoms. The molecule has 1 aromatic heterocycles. The zero-order valence-corrected chi connectivity index (χ0v) is 20.1. The van der Waals surface area contributed by atoms with E-state index < -0.39 is 10.0 Å². The lowest BCUT2D eigenvalue weighted by Crippen LogP contribution is -2.30. The third-order valence-electron chi connectivity index (χ3n) is 5.37. The van der Waals surface area contributed by atoms with Crippen molar-refractivity contribution in [1.82, 2.24) is 14.8 Å². The van der Waals surface area contributed by atoms with Gasteiger partial charge in [0, 0.05) is 12.1 Å². The lowest BCUT2D eigenvalue weighted by Gasteiger charge is -2.23. The van der Waals surface area contributed by atoms with Gasteiger partial charge in [-0.2, -0.15) is 5.10 Å². The van der Waals surface area contributed by atoms with E-state index in [1.54, 1.807) is 54.3 Å². The topological polar surface area (TPSA) is 106 Å². The molecule has 10 heteroatoms. The van der Waals surface area contributed by atoms with Crippen LogP contribution in [0.15, 0.2) is 90.3 Å². The van der Waals surface area contributed by atoms with Gasteiger partial charge in [0.25, 0.3) is 15.9 Å². The van der Waals surface area contributed by atoms with Crippen molar-refractivity contribution in [2.75, 3.05) is 23.3 Å². The Kier molecular flexibility index (Phi) is 7.11. The number of nitrogens with one attached hydrogen (secondary N) is 1. The summed E-state index contributed by atoms with van der Waals surface area (Å²) in [6, 6.07) is 20.3. The first-order valence-corrected chi connectivity index (χ1v) is 12.3. The summed E-state index contributed by atoms with van der Waals surface area (Å²) in [5.41, 5.74) is 2.19. The Balaban J connectivity index is 1.57. The van der Waals surface area contributed by atoms with E-state index in [0.29, 0.717) is 23.5 Å². The first-order chi connectivity index (χ1) is 16.9. The van der Waals surface area contributed by atoms with Gasteiger partial charge in [0.1, 0.15) is 18.4 Å². The summed E-state index contributed by atoms with van der Waals surface area (Å²) in [6.07, 6.45) is 3.08. The van der Waals surface area contributed by atoms with E-state index in [-0.39, 0.29) is 23.0 Å². The fraction of sp³-hybridized carbons (Fsp3) is 0.160. The summed E-state index contributed by atoms with van der Waals surface area (Å²) in [4.78, 5) is 16.9. The molecule has 4 rings (SSSR count). The molecule has 0 saturated heterocycles. The molecule has 0 fully saturated rings. The minimum atomic E-state index is -3.87. The van der Waals surface area contributed by atoms with Crippen molar-refractivity contribution in [3.05, 3.63) is 96.6 Å². The Labute approximate surface area is 204 Å². The molecule has 0 saturated carbocycles. The summed E-state index contributed by atoms with van der Waals surface area (Å²) in [5.74, 6) is -0.0385. The van der Waals surface area contributed by atoms with E-state index >= 15 is 0 Å². The molecule has 0 aliphatic heterocycles. The molecule has 0 atom stereocenters. The zero-order valence-electron chi connectivity index (χ0n) is 19.3. The van der Waals surface area contributed by atoms with Gasteiger partial charge in [-0.05, 0) is 55.0 Å². The number of rotatable bonds is 9. The van der Waals surface area contributed by atoms with Crippen molar-refractivity contribution in [1.29, 1.82) is 0 Å². The van der Waals surface area contributed by atoms with E-state index in [9.17, 15) is 13.2 Å². The smallest absolute Gasteiger partial charge is 0.264 e. The highest BCUT2D eigenvalue weighted by atomic mass is 32.2. The third-order valence-corrected chi connectivity index (χ3v) is 7.26. The number of hydrogen-bond acceptors (Lipinski definition) is 6. The SMILES string of the molecule is CCN(c1ccccc1)S(=O)(=O)c1ccc(OC)c(NC(=O)c2ccc(Cn3cncn3)cc2)c1. The van der Waals surface area contributed by atoms with Crippen LogP contribution < -0.4 is 14.4 Å². The molecule has 0 bridgehead atoms. The van der Waals surface area contributed by atoms with Crippen LogP contribution in [0.4, 0.5) is 11.4 Å². The van der Waals surface area contributed by atoms with E-state index in [4.69, 9.17) is 4.74 Å². The molecule has 9 nitrogen and oxygen atoms in total. The van der Waals surface area contributed by atoms with E-state index in [0.717, 1.165) is 5.56 Å². The van der Waals surface area contributed by atoms with Crippen LogP contribution in [0.25, 0.3) is 0 Å². The Morgan fingerprint density at radius 1 is 1.06 bits per heavy atom. The maximum absolute atomic E-state index is 13.4. The minimum Gasteiger partial charge on any atom is -0.495 e. The van der Waals surface area contributed by atoms with E-state index in [2.05, 4.69) is 15.4 Å². The molecule has 1 amide bonds. The molecule has 1 N–H and O–H groups in total. The van der Waals surface area contributed by atoms with Crippen molar-refractivity contribution in [3.8, 4) is 5.75 Å². The van der Waals surface area contributed by atoms with E-state index in [1.165, 1.54) is 35.9 Å². The highest BCUT2D eigenvalue weighted by Crippen LogP contribution is 2.31. The molecule has 0 aliphatic carbocycles. The number of benzene rings is 3.